The molecule has 0 bridgehead atoms. The number of rotatable bonds is 6. The third-order valence-corrected chi connectivity index (χ3v) is 6.95. The first-order valence-electron chi connectivity index (χ1n) is 12.5. The number of nitrogens with zero attached hydrogens (tertiary/aromatic N) is 1. The van der Waals surface area contributed by atoms with Crippen molar-refractivity contribution in [2.75, 3.05) is 10.3 Å². The van der Waals surface area contributed by atoms with Gasteiger partial charge in [-0.05, 0) is 67.4 Å². The molecule has 1 unspecified atom stereocenters. The lowest BCUT2D eigenvalue weighted by molar-refractivity contribution is -0.137. The van der Waals surface area contributed by atoms with E-state index in [1.807, 2.05) is 13.8 Å². The number of hydrogen-bond donors (Lipinski definition) is 4. The van der Waals surface area contributed by atoms with Crippen LogP contribution >= 0.6 is 0 Å². The van der Waals surface area contributed by atoms with E-state index >= 15 is 0 Å². The van der Waals surface area contributed by atoms with Gasteiger partial charge in [0.05, 0.1) is 16.9 Å². The van der Waals surface area contributed by atoms with Gasteiger partial charge in [0.2, 0.25) is 0 Å². The summed E-state index contributed by atoms with van der Waals surface area (Å²) in [6, 6.07) is 14.7. The van der Waals surface area contributed by atoms with Gasteiger partial charge in [-0.15, -0.1) is 0 Å². The number of fused-ring (bicyclic) bond motifs is 1. The first-order valence-corrected chi connectivity index (χ1v) is 12.5. The standard InChI is InChI=1S/C30H23F4N3O5/c1-15-6-8-18(12-16(15)2)37-25-13-17(30(32,33)34)7-10-22(25)26(28(37)39)36-35-24-5-3-4-21(27(24)38)20-11-9-19(14-23(20)31)42-29(40)41/h3-14,26,35-36,38H,1-2H3,(H,40,41). The number of carboxylic acid groups (broad SMARTS) is 1. The van der Waals surface area contributed by atoms with Gasteiger partial charge in [0.15, 0.2) is 0 Å². The predicted molar refractivity (Wildman–Crippen MR) is 146 cm³/mol. The highest BCUT2D eigenvalue weighted by Crippen LogP contribution is 2.45. The molecule has 4 N–H and O–H groups in total. The number of aryl methyl sites for hydroxylation is 2. The number of halogens is 4. The molecule has 0 saturated heterocycles. The monoisotopic (exact) mass is 581 g/mol. The molecule has 0 fully saturated rings. The molecule has 216 valence electrons. The Kier molecular flexibility index (Phi) is 7.25. The Balaban J connectivity index is 1.47. The minimum absolute atomic E-state index is 0.0451. The largest absolute Gasteiger partial charge is 0.511 e. The second-order valence-electron chi connectivity index (χ2n) is 9.63. The van der Waals surface area contributed by atoms with Crippen molar-refractivity contribution in [2.24, 2.45) is 0 Å². The number of anilines is 3. The fourth-order valence-electron chi connectivity index (χ4n) is 4.70. The number of hydrazine groups is 1. The number of carbonyl (C=O) groups excluding carboxylic acids is 1. The number of nitrogens with one attached hydrogen (secondary N) is 2. The highest BCUT2D eigenvalue weighted by molar-refractivity contribution is 6.10. The molecule has 4 aromatic rings. The van der Waals surface area contributed by atoms with E-state index in [-0.39, 0.29) is 33.8 Å². The van der Waals surface area contributed by atoms with Crippen molar-refractivity contribution >= 4 is 29.1 Å². The average molecular weight is 582 g/mol. The van der Waals surface area contributed by atoms with Gasteiger partial charge in [-0.2, -0.15) is 13.2 Å². The van der Waals surface area contributed by atoms with E-state index in [0.717, 1.165) is 29.3 Å². The minimum Gasteiger partial charge on any atom is -0.505 e. The van der Waals surface area contributed by atoms with E-state index in [0.29, 0.717) is 5.69 Å². The molecule has 12 heteroatoms. The molecule has 1 atom stereocenters. The Labute approximate surface area is 236 Å². The van der Waals surface area contributed by atoms with Gasteiger partial charge >= 0.3 is 12.3 Å². The Bertz CT molecular complexity index is 1720. The maximum atomic E-state index is 14.8. The van der Waals surface area contributed by atoms with Crippen LogP contribution in [0.3, 0.4) is 0 Å². The van der Waals surface area contributed by atoms with Gasteiger partial charge in [0.25, 0.3) is 5.91 Å². The molecule has 0 aromatic heterocycles. The zero-order chi connectivity index (χ0) is 30.3. The SMILES string of the molecule is Cc1ccc(N2C(=O)C(NNc3cccc(-c4ccc(OC(=O)O)cc4F)c3O)c3ccc(C(F)(F)F)cc32)cc1C. The number of ether oxygens (including phenoxy) is 1. The maximum Gasteiger partial charge on any atom is 0.511 e. The topological polar surface area (TPSA) is 111 Å². The molecule has 0 spiro atoms. The lowest BCUT2D eigenvalue weighted by Gasteiger charge is -2.20. The fraction of sp³-hybridized carbons (Fsp3) is 0.133. The Morgan fingerprint density at radius 2 is 1.71 bits per heavy atom. The summed E-state index contributed by atoms with van der Waals surface area (Å²) in [6.45, 7) is 3.70. The number of amides is 1. The zero-order valence-corrected chi connectivity index (χ0v) is 22.1. The number of aromatic hydroxyl groups is 1. The van der Waals surface area contributed by atoms with Crippen LogP contribution in [0.1, 0.15) is 28.3 Å². The Hall–Kier alpha value is -5.10. The van der Waals surface area contributed by atoms with Crippen LogP contribution in [0, 0.1) is 19.7 Å². The summed E-state index contributed by atoms with van der Waals surface area (Å²) in [5.41, 5.74) is 7.16. The van der Waals surface area contributed by atoms with Crippen LogP contribution in [0.2, 0.25) is 0 Å². The van der Waals surface area contributed by atoms with Gasteiger partial charge in [-0.1, -0.05) is 24.3 Å². The number of alkyl halides is 3. The van der Waals surface area contributed by atoms with E-state index in [9.17, 15) is 32.3 Å². The van der Waals surface area contributed by atoms with Crippen LogP contribution in [0.15, 0.2) is 72.8 Å². The van der Waals surface area contributed by atoms with Crippen molar-refractivity contribution in [2.45, 2.75) is 26.1 Å². The maximum absolute atomic E-state index is 14.8. The van der Waals surface area contributed by atoms with Gasteiger partial charge in [0, 0.05) is 28.4 Å². The van der Waals surface area contributed by atoms with E-state index in [1.165, 1.54) is 41.3 Å². The average Bonchev–Trinajstić information content (AvgIpc) is 3.19. The third kappa shape index (κ3) is 5.31. The molecule has 42 heavy (non-hydrogen) atoms. The molecule has 4 aromatic carbocycles. The van der Waals surface area contributed by atoms with Crippen molar-refractivity contribution in [1.29, 1.82) is 0 Å². The number of phenolic OH excluding ortho intramolecular Hbond substituents is 1. The summed E-state index contributed by atoms with van der Waals surface area (Å²) < 4.78 is 59.9. The summed E-state index contributed by atoms with van der Waals surface area (Å²) in [5, 5.41) is 19.6. The molecule has 0 saturated carbocycles. The number of phenols is 1. The van der Waals surface area contributed by atoms with Gasteiger partial charge < -0.3 is 20.4 Å². The lowest BCUT2D eigenvalue weighted by Crippen LogP contribution is -2.35. The molecule has 1 heterocycles. The van der Waals surface area contributed by atoms with Gasteiger partial charge in [-0.3, -0.25) is 9.69 Å². The summed E-state index contributed by atoms with van der Waals surface area (Å²) in [5.74, 6) is -2.08. The van der Waals surface area contributed by atoms with E-state index in [2.05, 4.69) is 15.6 Å². The molecule has 8 nitrogen and oxygen atoms in total. The van der Waals surface area contributed by atoms with Gasteiger partial charge in [0.1, 0.15) is 23.4 Å². The first-order chi connectivity index (χ1) is 19.8. The fourth-order valence-corrected chi connectivity index (χ4v) is 4.70. The van der Waals surface area contributed by atoms with Crippen molar-refractivity contribution < 1.29 is 42.1 Å². The highest BCUT2D eigenvalue weighted by atomic mass is 19.4. The predicted octanol–water partition coefficient (Wildman–Crippen LogP) is 7.23. The number of benzene rings is 4. The number of carbonyl (C=O) groups is 2. The molecule has 0 radical (unpaired) electrons. The lowest BCUT2D eigenvalue weighted by atomic mass is 10.0. The summed E-state index contributed by atoms with van der Waals surface area (Å²) in [7, 11) is 0. The van der Waals surface area contributed by atoms with E-state index in [4.69, 9.17) is 5.11 Å². The first kappa shape index (κ1) is 28.4. The number of hydrogen-bond acceptors (Lipinski definition) is 6. The summed E-state index contributed by atoms with van der Waals surface area (Å²) >= 11 is 0. The van der Waals surface area contributed by atoms with Crippen LogP contribution in [0.25, 0.3) is 11.1 Å². The number of para-hydroxylation sites is 1. The van der Waals surface area contributed by atoms with Crippen LogP contribution in [-0.2, 0) is 11.0 Å². The molecule has 1 aliphatic rings. The molecule has 1 aliphatic heterocycles. The molecule has 0 aliphatic carbocycles. The minimum atomic E-state index is -4.63. The normalized spacial score (nSPS) is 14.6. The molecule has 1 amide bonds. The van der Waals surface area contributed by atoms with Gasteiger partial charge in [-0.25, -0.2) is 14.6 Å². The highest BCUT2D eigenvalue weighted by Gasteiger charge is 2.41. The second kappa shape index (κ2) is 10.7. The zero-order valence-electron chi connectivity index (χ0n) is 22.1. The van der Waals surface area contributed by atoms with Crippen molar-refractivity contribution in [1.82, 2.24) is 5.43 Å². The Morgan fingerprint density at radius 1 is 0.952 bits per heavy atom. The van der Waals surface area contributed by atoms with Crippen LogP contribution in [-0.4, -0.2) is 22.3 Å². The van der Waals surface area contributed by atoms with Crippen LogP contribution < -0.4 is 20.5 Å². The van der Waals surface area contributed by atoms with Crippen molar-refractivity contribution in [3.63, 3.8) is 0 Å². The Morgan fingerprint density at radius 3 is 2.38 bits per heavy atom. The quantitative estimate of drug-likeness (QED) is 0.0625. The van der Waals surface area contributed by atoms with E-state index < -0.39 is 41.4 Å². The van der Waals surface area contributed by atoms with Crippen molar-refractivity contribution in [3.05, 3.63) is 101 Å². The molecule has 5 rings (SSSR count). The summed E-state index contributed by atoms with van der Waals surface area (Å²) in [4.78, 5) is 25.6. The van der Waals surface area contributed by atoms with Crippen molar-refractivity contribution in [3.8, 4) is 22.6 Å². The van der Waals surface area contributed by atoms with Crippen LogP contribution in [0.5, 0.6) is 11.5 Å². The molecular formula is C30H23F4N3O5. The summed E-state index contributed by atoms with van der Waals surface area (Å²) in [6.07, 6.45) is -6.24. The smallest absolute Gasteiger partial charge is 0.505 e. The van der Waals surface area contributed by atoms with E-state index in [1.54, 1.807) is 18.2 Å². The van der Waals surface area contributed by atoms with Crippen LogP contribution in [0.4, 0.5) is 39.4 Å². The third-order valence-electron chi connectivity index (χ3n) is 6.95. The molecular weight excluding hydrogens is 558 g/mol. The second-order valence-corrected chi connectivity index (χ2v) is 9.63.